The fourth-order valence-electron chi connectivity index (χ4n) is 3.99. The van der Waals surface area contributed by atoms with E-state index < -0.39 is 5.54 Å². The highest BCUT2D eigenvalue weighted by Crippen LogP contribution is 2.32. The number of anilines is 1. The second-order valence-electron chi connectivity index (χ2n) is 9.65. The molecule has 0 saturated heterocycles. The van der Waals surface area contributed by atoms with Crippen LogP contribution in [0.2, 0.25) is 0 Å². The lowest BCUT2D eigenvalue weighted by molar-refractivity contribution is 0.0951. The maximum absolute atomic E-state index is 13.5. The normalized spacial score (nSPS) is 13.4. The molecule has 1 aliphatic carbocycles. The highest BCUT2D eigenvalue weighted by Gasteiger charge is 2.27. The van der Waals surface area contributed by atoms with Crippen LogP contribution in [0.5, 0.6) is 5.75 Å². The summed E-state index contributed by atoms with van der Waals surface area (Å²) in [5.74, 6) is 0.906. The molecule has 1 fully saturated rings. The molecule has 35 heavy (non-hydrogen) atoms. The number of carbonyl (C=O) groups excluding carboxylic acids is 1. The molecular weight excluding hydrogens is 440 g/mol. The Morgan fingerprint density at radius 1 is 1.20 bits per heavy atom. The van der Waals surface area contributed by atoms with E-state index in [2.05, 4.69) is 22.5 Å². The van der Waals surface area contributed by atoms with Gasteiger partial charge in [0.25, 0.3) is 11.5 Å². The van der Waals surface area contributed by atoms with Gasteiger partial charge in [0.2, 0.25) is 0 Å². The van der Waals surface area contributed by atoms with Crippen molar-refractivity contribution in [3.63, 3.8) is 0 Å². The largest absolute Gasteiger partial charge is 0.493 e. The number of unbranched alkanes of at least 4 members (excludes halogenated alkanes) is 1. The highest BCUT2D eigenvalue weighted by molar-refractivity contribution is 5.95. The van der Waals surface area contributed by atoms with Gasteiger partial charge in [-0.25, -0.2) is 4.98 Å². The van der Waals surface area contributed by atoms with Crippen molar-refractivity contribution >= 4 is 11.7 Å². The third-order valence-electron chi connectivity index (χ3n) is 6.23. The Morgan fingerprint density at radius 2 is 1.97 bits per heavy atom. The Kier molecular flexibility index (Phi) is 7.24. The first-order valence-corrected chi connectivity index (χ1v) is 12.3. The number of hydrogen-bond donors (Lipinski definition) is 2. The van der Waals surface area contributed by atoms with Crippen LogP contribution in [-0.2, 0) is 5.54 Å². The van der Waals surface area contributed by atoms with Gasteiger partial charge in [0.15, 0.2) is 5.82 Å². The van der Waals surface area contributed by atoms with Gasteiger partial charge in [0.1, 0.15) is 5.75 Å². The first-order valence-electron chi connectivity index (χ1n) is 12.3. The molecule has 3 aromatic rings. The lowest BCUT2D eigenvalue weighted by atomic mass is 9.93. The van der Waals surface area contributed by atoms with Gasteiger partial charge in [-0.2, -0.15) is 0 Å². The standard InChI is InChI=1S/C28H34N4O3/c1-5-6-17-35-24-10-8-7-9-22(24)28(3,4)31-25-27(34)32(16-15-29-25)23-18-20(12-11-19(23)2)26(33)30-21-13-14-21/h7-12,15-16,18,21H,5-6,13-14,17H2,1-4H3,(H,29,31)(H,30,33). The zero-order valence-corrected chi connectivity index (χ0v) is 20.9. The quantitative estimate of drug-likeness (QED) is 0.406. The Labute approximate surface area is 206 Å². The fourth-order valence-corrected chi connectivity index (χ4v) is 3.99. The minimum absolute atomic E-state index is 0.116. The van der Waals surface area contributed by atoms with E-state index in [1.807, 2.05) is 51.1 Å². The molecule has 0 atom stereocenters. The molecule has 1 aromatic heterocycles. The average molecular weight is 475 g/mol. The monoisotopic (exact) mass is 474 g/mol. The molecule has 0 radical (unpaired) electrons. The number of amides is 1. The predicted octanol–water partition coefficient (Wildman–Crippen LogP) is 4.96. The minimum Gasteiger partial charge on any atom is -0.493 e. The van der Waals surface area contributed by atoms with E-state index in [4.69, 9.17) is 4.74 Å². The molecule has 2 N–H and O–H groups in total. The van der Waals surface area contributed by atoms with Gasteiger partial charge in [-0.3, -0.25) is 14.2 Å². The number of benzene rings is 2. The predicted molar refractivity (Wildman–Crippen MR) is 139 cm³/mol. The van der Waals surface area contributed by atoms with Crippen LogP contribution in [-0.4, -0.2) is 28.1 Å². The molecule has 1 amide bonds. The van der Waals surface area contributed by atoms with Crippen LogP contribution in [0.15, 0.2) is 59.7 Å². The molecular formula is C28H34N4O3. The molecule has 0 aliphatic heterocycles. The van der Waals surface area contributed by atoms with Gasteiger partial charge >= 0.3 is 0 Å². The summed E-state index contributed by atoms with van der Waals surface area (Å²) >= 11 is 0. The number of nitrogens with zero attached hydrogens (tertiary/aromatic N) is 2. The topological polar surface area (TPSA) is 85.2 Å². The van der Waals surface area contributed by atoms with E-state index in [0.29, 0.717) is 17.9 Å². The molecule has 1 saturated carbocycles. The molecule has 4 rings (SSSR count). The maximum atomic E-state index is 13.5. The van der Waals surface area contributed by atoms with E-state index in [1.165, 1.54) is 4.57 Å². The summed E-state index contributed by atoms with van der Waals surface area (Å²) in [5.41, 5.74) is 2.13. The van der Waals surface area contributed by atoms with Crippen molar-refractivity contribution < 1.29 is 9.53 Å². The van der Waals surface area contributed by atoms with Crippen LogP contribution in [0.25, 0.3) is 5.69 Å². The zero-order valence-electron chi connectivity index (χ0n) is 20.9. The van der Waals surface area contributed by atoms with E-state index >= 15 is 0 Å². The second-order valence-corrected chi connectivity index (χ2v) is 9.65. The summed E-state index contributed by atoms with van der Waals surface area (Å²) in [5, 5.41) is 6.34. The van der Waals surface area contributed by atoms with Crippen LogP contribution in [0.1, 0.15) is 67.9 Å². The molecule has 7 nitrogen and oxygen atoms in total. The number of carbonyl (C=O) groups is 1. The molecule has 0 unspecified atom stereocenters. The Hall–Kier alpha value is -3.61. The van der Waals surface area contributed by atoms with E-state index in [-0.39, 0.29) is 23.3 Å². The lowest BCUT2D eigenvalue weighted by Crippen LogP contribution is -2.34. The average Bonchev–Trinajstić information content (AvgIpc) is 3.65. The number of nitrogens with one attached hydrogen (secondary N) is 2. The molecule has 0 spiro atoms. The molecule has 184 valence electrons. The number of aryl methyl sites for hydroxylation is 1. The summed E-state index contributed by atoms with van der Waals surface area (Å²) < 4.78 is 7.57. The van der Waals surface area contributed by atoms with Crippen LogP contribution in [0, 0.1) is 6.92 Å². The second kappa shape index (κ2) is 10.3. The Balaban J connectivity index is 1.63. The Bertz CT molecular complexity index is 1260. The van der Waals surface area contributed by atoms with Crippen molar-refractivity contribution in [3.8, 4) is 11.4 Å². The highest BCUT2D eigenvalue weighted by atomic mass is 16.5. The van der Waals surface area contributed by atoms with Crippen molar-refractivity contribution in [2.24, 2.45) is 0 Å². The Morgan fingerprint density at radius 3 is 2.71 bits per heavy atom. The fraction of sp³-hybridized carbons (Fsp3) is 0.393. The van der Waals surface area contributed by atoms with Crippen LogP contribution in [0.3, 0.4) is 0 Å². The van der Waals surface area contributed by atoms with Gasteiger partial charge in [0, 0.05) is 29.6 Å². The van der Waals surface area contributed by atoms with Gasteiger partial charge in [-0.15, -0.1) is 0 Å². The number of rotatable bonds is 10. The maximum Gasteiger partial charge on any atom is 0.297 e. The summed E-state index contributed by atoms with van der Waals surface area (Å²) in [7, 11) is 0. The van der Waals surface area contributed by atoms with Crippen molar-refractivity contribution in [2.75, 3.05) is 11.9 Å². The van der Waals surface area contributed by atoms with Crippen LogP contribution in [0.4, 0.5) is 5.82 Å². The molecule has 0 bridgehead atoms. The van der Waals surface area contributed by atoms with Crippen LogP contribution >= 0.6 is 0 Å². The lowest BCUT2D eigenvalue weighted by Gasteiger charge is -2.29. The summed E-state index contributed by atoms with van der Waals surface area (Å²) in [4.78, 5) is 30.4. The smallest absolute Gasteiger partial charge is 0.297 e. The van der Waals surface area contributed by atoms with Gasteiger partial charge in [-0.1, -0.05) is 37.6 Å². The first-order chi connectivity index (χ1) is 16.8. The van der Waals surface area contributed by atoms with E-state index in [9.17, 15) is 9.59 Å². The van der Waals surface area contributed by atoms with Crippen molar-refractivity contribution in [2.45, 2.75) is 65.0 Å². The van der Waals surface area contributed by atoms with E-state index in [1.54, 1.807) is 24.5 Å². The van der Waals surface area contributed by atoms with Gasteiger partial charge < -0.3 is 15.4 Å². The molecule has 1 heterocycles. The van der Waals surface area contributed by atoms with Crippen LogP contribution < -0.4 is 20.9 Å². The van der Waals surface area contributed by atoms with Gasteiger partial charge in [-0.05, 0) is 63.8 Å². The van der Waals surface area contributed by atoms with Crippen molar-refractivity contribution in [1.82, 2.24) is 14.9 Å². The van der Waals surface area contributed by atoms with E-state index in [0.717, 1.165) is 42.6 Å². The molecule has 1 aliphatic rings. The molecule has 7 heteroatoms. The SMILES string of the molecule is CCCCOc1ccccc1C(C)(C)Nc1nccn(-c2cc(C(=O)NC3CC3)ccc2C)c1=O. The first kappa shape index (κ1) is 24.5. The zero-order chi connectivity index (χ0) is 25.0. The summed E-state index contributed by atoms with van der Waals surface area (Å²) in [6.45, 7) is 8.70. The number of aromatic nitrogens is 2. The minimum atomic E-state index is -0.616. The van der Waals surface area contributed by atoms with Gasteiger partial charge in [0.05, 0.1) is 17.8 Å². The van der Waals surface area contributed by atoms with Crippen molar-refractivity contribution in [3.05, 3.63) is 81.9 Å². The molecule has 2 aromatic carbocycles. The number of ether oxygens (including phenoxy) is 1. The summed E-state index contributed by atoms with van der Waals surface area (Å²) in [6.07, 6.45) is 7.30. The summed E-state index contributed by atoms with van der Waals surface area (Å²) in [6, 6.07) is 13.6. The number of para-hydroxylation sites is 1. The third kappa shape index (κ3) is 5.73. The third-order valence-corrected chi connectivity index (χ3v) is 6.23. The van der Waals surface area contributed by atoms with Crippen molar-refractivity contribution in [1.29, 1.82) is 0 Å². The number of hydrogen-bond acceptors (Lipinski definition) is 5.